The summed E-state index contributed by atoms with van der Waals surface area (Å²) in [7, 11) is 0. The van der Waals surface area contributed by atoms with Crippen molar-refractivity contribution in [1.29, 1.82) is 0 Å². The first-order valence-corrected chi connectivity index (χ1v) is 7.44. The quantitative estimate of drug-likeness (QED) is 0.848. The van der Waals surface area contributed by atoms with Crippen molar-refractivity contribution in [3.05, 3.63) is 30.5 Å². The predicted molar refractivity (Wildman–Crippen MR) is 80.5 cm³/mol. The van der Waals surface area contributed by atoms with Gasteiger partial charge < -0.3 is 10.4 Å². The highest BCUT2D eigenvalue weighted by Crippen LogP contribution is 2.41. The summed E-state index contributed by atoms with van der Waals surface area (Å²) < 4.78 is 2.03. The number of aliphatic hydroxyl groups excluding tert-OH is 1. The molecule has 1 aliphatic carbocycles. The second-order valence-corrected chi connectivity index (χ2v) is 6.25. The zero-order valence-corrected chi connectivity index (χ0v) is 12.2. The Hall–Kier alpha value is -1.39. The molecule has 1 saturated carbocycles. The van der Waals surface area contributed by atoms with Crippen molar-refractivity contribution in [2.45, 2.75) is 44.8 Å². The van der Waals surface area contributed by atoms with Gasteiger partial charge in [0.05, 0.1) is 30.4 Å². The summed E-state index contributed by atoms with van der Waals surface area (Å²) in [6.45, 7) is 5.14. The van der Waals surface area contributed by atoms with Gasteiger partial charge in [-0.3, -0.25) is 4.68 Å². The Balaban J connectivity index is 1.93. The Labute approximate surface area is 119 Å². The predicted octanol–water partition coefficient (Wildman–Crippen LogP) is 2.18. The first kappa shape index (κ1) is 13.6. The van der Waals surface area contributed by atoms with E-state index in [1.807, 2.05) is 23.0 Å². The van der Waals surface area contributed by atoms with E-state index in [0.29, 0.717) is 12.0 Å². The van der Waals surface area contributed by atoms with Crippen LogP contribution in [0.4, 0.5) is 0 Å². The SMILES string of the molecule is CC(C)NC(CO)(Cn1ncc2ccccc21)C1CC1. The van der Waals surface area contributed by atoms with E-state index in [1.165, 1.54) is 12.8 Å². The molecule has 1 heterocycles. The molecule has 4 heteroatoms. The van der Waals surface area contributed by atoms with Crippen molar-refractivity contribution in [3.63, 3.8) is 0 Å². The number of hydrogen-bond donors (Lipinski definition) is 2. The average Bonchev–Trinajstić information content (AvgIpc) is 3.22. The first-order valence-electron chi connectivity index (χ1n) is 7.44. The van der Waals surface area contributed by atoms with Crippen LogP contribution in [0.5, 0.6) is 0 Å². The normalized spacial score (nSPS) is 18.6. The molecule has 0 radical (unpaired) electrons. The summed E-state index contributed by atoms with van der Waals surface area (Å²) in [6, 6.07) is 8.58. The third-order valence-electron chi connectivity index (χ3n) is 4.20. The molecule has 0 amide bonds. The van der Waals surface area contributed by atoms with E-state index < -0.39 is 0 Å². The van der Waals surface area contributed by atoms with Gasteiger partial charge in [0.2, 0.25) is 0 Å². The molecule has 3 rings (SSSR count). The number of fused-ring (bicyclic) bond motifs is 1. The Kier molecular flexibility index (Phi) is 3.52. The van der Waals surface area contributed by atoms with Gasteiger partial charge in [-0.25, -0.2) is 0 Å². The van der Waals surface area contributed by atoms with Crippen LogP contribution < -0.4 is 5.32 Å². The molecule has 0 spiro atoms. The van der Waals surface area contributed by atoms with Crippen LogP contribution in [-0.4, -0.2) is 33.1 Å². The third kappa shape index (κ3) is 2.45. The lowest BCUT2D eigenvalue weighted by molar-refractivity contribution is 0.111. The van der Waals surface area contributed by atoms with Crippen molar-refractivity contribution in [1.82, 2.24) is 15.1 Å². The number of rotatable bonds is 6. The highest BCUT2D eigenvalue weighted by Gasteiger charge is 2.45. The molecule has 1 fully saturated rings. The minimum atomic E-state index is -0.247. The molecular weight excluding hydrogens is 250 g/mol. The Bertz CT molecular complexity index is 588. The van der Waals surface area contributed by atoms with Crippen LogP contribution in [0.1, 0.15) is 26.7 Å². The van der Waals surface area contributed by atoms with E-state index in [-0.39, 0.29) is 12.1 Å². The van der Waals surface area contributed by atoms with Gasteiger partial charge in [0, 0.05) is 11.4 Å². The fourth-order valence-corrected chi connectivity index (χ4v) is 3.15. The summed E-state index contributed by atoms with van der Waals surface area (Å²) >= 11 is 0. The number of hydrogen-bond acceptors (Lipinski definition) is 3. The van der Waals surface area contributed by atoms with Gasteiger partial charge >= 0.3 is 0 Å². The minimum absolute atomic E-state index is 0.157. The monoisotopic (exact) mass is 273 g/mol. The smallest absolute Gasteiger partial charge is 0.0683 e. The van der Waals surface area contributed by atoms with Crippen LogP contribution >= 0.6 is 0 Å². The van der Waals surface area contributed by atoms with Gasteiger partial charge in [-0.1, -0.05) is 32.0 Å². The molecule has 0 aliphatic heterocycles. The third-order valence-corrected chi connectivity index (χ3v) is 4.20. The molecule has 1 aromatic carbocycles. The number of aliphatic hydroxyl groups is 1. The molecule has 20 heavy (non-hydrogen) atoms. The lowest BCUT2D eigenvalue weighted by Crippen LogP contribution is -2.56. The number of nitrogens with one attached hydrogen (secondary N) is 1. The van der Waals surface area contributed by atoms with Gasteiger partial charge in [-0.2, -0.15) is 5.10 Å². The molecule has 1 aliphatic rings. The van der Waals surface area contributed by atoms with E-state index >= 15 is 0 Å². The summed E-state index contributed by atoms with van der Waals surface area (Å²) in [5.41, 5.74) is 0.889. The Morgan fingerprint density at radius 3 is 2.80 bits per heavy atom. The molecule has 1 unspecified atom stereocenters. The summed E-state index contributed by atoms with van der Waals surface area (Å²) in [5, 5.41) is 19.3. The number of nitrogens with zero attached hydrogens (tertiary/aromatic N) is 2. The summed E-state index contributed by atoms with van der Waals surface area (Å²) in [6.07, 6.45) is 4.29. The van der Waals surface area contributed by atoms with Crippen molar-refractivity contribution in [2.75, 3.05) is 6.61 Å². The molecule has 4 nitrogen and oxygen atoms in total. The molecule has 1 aromatic heterocycles. The van der Waals surface area contributed by atoms with Crippen LogP contribution in [-0.2, 0) is 6.54 Å². The molecule has 2 aromatic rings. The van der Waals surface area contributed by atoms with E-state index in [4.69, 9.17) is 0 Å². The van der Waals surface area contributed by atoms with Crippen LogP contribution in [0, 0.1) is 5.92 Å². The van der Waals surface area contributed by atoms with E-state index in [1.54, 1.807) is 0 Å². The number of benzene rings is 1. The van der Waals surface area contributed by atoms with Crippen molar-refractivity contribution < 1.29 is 5.11 Å². The van der Waals surface area contributed by atoms with Crippen molar-refractivity contribution in [3.8, 4) is 0 Å². The van der Waals surface area contributed by atoms with Crippen LogP contribution in [0.3, 0.4) is 0 Å². The second-order valence-electron chi connectivity index (χ2n) is 6.25. The van der Waals surface area contributed by atoms with Crippen LogP contribution in [0.2, 0.25) is 0 Å². The fourth-order valence-electron chi connectivity index (χ4n) is 3.15. The minimum Gasteiger partial charge on any atom is -0.394 e. The molecule has 1 atom stereocenters. The van der Waals surface area contributed by atoms with Crippen LogP contribution in [0.15, 0.2) is 30.5 Å². The standard InChI is InChI=1S/C16H23N3O/c1-12(2)18-16(11-20,14-7-8-14)10-19-15-6-4-3-5-13(15)9-17-19/h3-6,9,12,14,18,20H,7-8,10-11H2,1-2H3. The van der Waals surface area contributed by atoms with Gasteiger partial charge in [0.25, 0.3) is 0 Å². The molecule has 2 N–H and O–H groups in total. The molecule has 0 bridgehead atoms. The highest BCUT2D eigenvalue weighted by molar-refractivity contribution is 5.78. The lowest BCUT2D eigenvalue weighted by atomic mass is 9.93. The van der Waals surface area contributed by atoms with Gasteiger partial charge in [-0.05, 0) is 24.8 Å². The number of para-hydroxylation sites is 1. The maximum Gasteiger partial charge on any atom is 0.0683 e. The molecule has 108 valence electrons. The first-order chi connectivity index (χ1) is 9.64. The van der Waals surface area contributed by atoms with Crippen LogP contribution in [0.25, 0.3) is 10.9 Å². The molecular formula is C16H23N3O. The van der Waals surface area contributed by atoms with Gasteiger partial charge in [-0.15, -0.1) is 0 Å². The summed E-state index contributed by atoms with van der Waals surface area (Å²) in [5.74, 6) is 0.554. The van der Waals surface area contributed by atoms with Gasteiger partial charge in [0.1, 0.15) is 0 Å². The van der Waals surface area contributed by atoms with Crippen molar-refractivity contribution in [2.24, 2.45) is 5.92 Å². The zero-order chi connectivity index (χ0) is 14.2. The Morgan fingerprint density at radius 2 is 2.15 bits per heavy atom. The topological polar surface area (TPSA) is 50.1 Å². The highest BCUT2D eigenvalue weighted by atomic mass is 16.3. The van der Waals surface area contributed by atoms with Crippen molar-refractivity contribution >= 4 is 10.9 Å². The van der Waals surface area contributed by atoms with E-state index in [2.05, 4.69) is 36.4 Å². The maximum atomic E-state index is 10.0. The molecule has 0 saturated heterocycles. The fraction of sp³-hybridized carbons (Fsp3) is 0.562. The maximum absolute atomic E-state index is 10.0. The lowest BCUT2D eigenvalue weighted by Gasteiger charge is -2.35. The number of aromatic nitrogens is 2. The van der Waals surface area contributed by atoms with E-state index in [0.717, 1.165) is 17.4 Å². The summed E-state index contributed by atoms with van der Waals surface area (Å²) in [4.78, 5) is 0. The average molecular weight is 273 g/mol. The zero-order valence-electron chi connectivity index (χ0n) is 12.2. The Morgan fingerprint density at radius 1 is 1.40 bits per heavy atom. The largest absolute Gasteiger partial charge is 0.394 e. The van der Waals surface area contributed by atoms with Gasteiger partial charge in [0.15, 0.2) is 0 Å². The van der Waals surface area contributed by atoms with E-state index in [9.17, 15) is 5.11 Å². The second kappa shape index (κ2) is 5.19.